The summed E-state index contributed by atoms with van der Waals surface area (Å²) in [7, 11) is 0. The van der Waals surface area contributed by atoms with E-state index in [4.69, 9.17) is 16.3 Å². The first kappa shape index (κ1) is 15.6. The maximum Gasteiger partial charge on any atom is 0.288 e. The van der Waals surface area contributed by atoms with Crippen LogP contribution in [-0.2, 0) is 4.74 Å². The van der Waals surface area contributed by atoms with Crippen LogP contribution in [-0.4, -0.2) is 46.3 Å². The number of hydrogen-bond donors (Lipinski definition) is 2. The van der Waals surface area contributed by atoms with Gasteiger partial charge in [-0.3, -0.25) is 14.9 Å². The summed E-state index contributed by atoms with van der Waals surface area (Å²) in [5.41, 5.74) is -1.45. The summed E-state index contributed by atoms with van der Waals surface area (Å²) in [4.78, 5) is 25.7. The fourth-order valence-corrected chi connectivity index (χ4v) is 2.15. The van der Waals surface area contributed by atoms with E-state index in [0.29, 0.717) is 26.1 Å². The molecule has 8 nitrogen and oxygen atoms in total. The van der Waals surface area contributed by atoms with Gasteiger partial charge in [-0.15, -0.1) is 0 Å². The Morgan fingerprint density at radius 3 is 2.86 bits per heavy atom. The second kappa shape index (κ2) is 6.33. The van der Waals surface area contributed by atoms with Crippen molar-refractivity contribution in [3.63, 3.8) is 0 Å². The first-order valence-corrected chi connectivity index (χ1v) is 6.67. The molecule has 0 radical (unpaired) electrons. The van der Waals surface area contributed by atoms with Gasteiger partial charge in [-0.25, -0.2) is 4.98 Å². The van der Waals surface area contributed by atoms with Crippen LogP contribution in [0, 0.1) is 10.1 Å². The highest BCUT2D eigenvalue weighted by Gasteiger charge is 2.30. The second-order valence-electron chi connectivity index (χ2n) is 4.81. The molecule has 0 aromatic carbocycles. The molecule has 0 atom stereocenters. The van der Waals surface area contributed by atoms with E-state index in [-0.39, 0.29) is 22.9 Å². The number of carbonyl (C=O) groups excluding carboxylic acids is 1. The Morgan fingerprint density at radius 1 is 1.57 bits per heavy atom. The van der Waals surface area contributed by atoms with Crippen LogP contribution in [0.1, 0.15) is 23.2 Å². The van der Waals surface area contributed by atoms with Crippen LogP contribution < -0.4 is 5.32 Å². The molecule has 1 saturated heterocycles. The summed E-state index contributed by atoms with van der Waals surface area (Å²) < 4.78 is 5.14. The maximum absolute atomic E-state index is 12.0. The number of carbonyl (C=O) groups is 1. The molecule has 1 aliphatic rings. The van der Waals surface area contributed by atoms with Gasteiger partial charge in [0.1, 0.15) is 11.3 Å². The number of rotatable bonds is 4. The molecule has 2 rings (SSSR count). The number of nitrogens with zero attached hydrogens (tertiary/aromatic N) is 2. The smallest absolute Gasteiger partial charge is 0.288 e. The van der Waals surface area contributed by atoms with Crippen molar-refractivity contribution in [3.05, 3.63) is 33.1 Å². The molecule has 1 aliphatic heterocycles. The third kappa shape index (κ3) is 3.87. The predicted octanol–water partition coefficient (Wildman–Crippen LogP) is 0.914. The Labute approximate surface area is 125 Å². The number of aliphatic hydroxyl groups is 1. The van der Waals surface area contributed by atoms with Crippen LogP contribution in [0.15, 0.2) is 12.3 Å². The van der Waals surface area contributed by atoms with Gasteiger partial charge in [-0.2, -0.15) is 0 Å². The highest BCUT2D eigenvalue weighted by atomic mass is 35.5. The van der Waals surface area contributed by atoms with Crippen molar-refractivity contribution in [1.82, 2.24) is 10.3 Å². The van der Waals surface area contributed by atoms with Crippen molar-refractivity contribution in [2.45, 2.75) is 18.4 Å². The van der Waals surface area contributed by atoms with E-state index in [1.165, 1.54) is 0 Å². The van der Waals surface area contributed by atoms with Crippen molar-refractivity contribution in [2.24, 2.45) is 0 Å². The van der Waals surface area contributed by atoms with Crippen LogP contribution in [0.2, 0.25) is 5.15 Å². The Kier molecular flexibility index (Phi) is 4.71. The van der Waals surface area contributed by atoms with Gasteiger partial charge in [0.05, 0.1) is 16.1 Å². The lowest BCUT2D eigenvalue weighted by Gasteiger charge is -2.32. The molecule has 0 unspecified atom stereocenters. The third-order valence-corrected chi connectivity index (χ3v) is 3.58. The Hall–Kier alpha value is -1.77. The summed E-state index contributed by atoms with van der Waals surface area (Å²) in [6.45, 7) is 0.866. The molecule has 1 amide bonds. The lowest BCUT2D eigenvalue weighted by molar-refractivity contribution is -0.385. The van der Waals surface area contributed by atoms with Gasteiger partial charge in [-0.1, -0.05) is 11.6 Å². The Morgan fingerprint density at radius 2 is 2.24 bits per heavy atom. The summed E-state index contributed by atoms with van der Waals surface area (Å²) in [5.74, 6) is -0.615. The number of pyridine rings is 1. The monoisotopic (exact) mass is 315 g/mol. The second-order valence-corrected chi connectivity index (χ2v) is 5.17. The molecular formula is C12H14ClN3O5. The number of hydrogen-bond acceptors (Lipinski definition) is 6. The summed E-state index contributed by atoms with van der Waals surface area (Å²) in [5, 5.41) is 23.3. The van der Waals surface area contributed by atoms with Crippen LogP contribution in [0.4, 0.5) is 5.69 Å². The largest absolute Gasteiger partial charge is 0.388 e. The quantitative estimate of drug-likeness (QED) is 0.485. The van der Waals surface area contributed by atoms with Crippen molar-refractivity contribution >= 4 is 23.2 Å². The predicted molar refractivity (Wildman–Crippen MR) is 73.2 cm³/mol. The molecule has 114 valence electrons. The molecule has 21 heavy (non-hydrogen) atoms. The highest BCUT2D eigenvalue weighted by Crippen LogP contribution is 2.21. The zero-order valence-corrected chi connectivity index (χ0v) is 11.8. The first-order chi connectivity index (χ1) is 9.91. The molecule has 0 spiro atoms. The van der Waals surface area contributed by atoms with E-state index in [1.807, 2.05) is 0 Å². The van der Waals surface area contributed by atoms with Gasteiger partial charge in [-0.05, 0) is 0 Å². The van der Waals surface area contributed by atoms with Gasteiger partial charge in [0.15, 0.2) is 0 Å². The molecule has 0 saturated carbocycles. The van der Waals surface area contributed by atoms with Crippen molar-refractivity contribution in [2.75, 3.05) is 19.8 Å². The topological polar surface area (TPSA) is 115 Å². The van der Waals surface area contributed by atoms with Gasteiger partial charge < -0.3 is 15.2 Å². The summed E-state index contributed by atoms with van der Waals surface area (Å²) >= 11 is 5.77. The van der Waals surface area contributed by atoms with E-state index >= 15 is 0 Å². The van der Waals surface area contributed by atoms with E-state index in [2.05, 4.69) is 10.3 Å². The molecule has 9 heteroatoms. The zero-order chi connectivity index (χ0) is 15.5. The molecule has 2 N–H and O–H groups in total. The van der Waals surface area contributed by atoms with Crippen LogP contribution in [0.5, 0.6) is 0 Å². The minimum absolute atomic E-state index is 0.0220. The lowest BCUT2D eigenvalue weighted by atomic mass is 9.94. The van der Waals surface area contributed by atoms with E-state index in [9.17, 15) is 20.0 Å². The standard InChI is InChI=1S/C12H14ClN3O5/c13-10-9(5-8(6-14-10)16(19)20)11(17)15-7-12(18)1-3-21-4-2-12/h5-6,18H,1-4,7H2,(H,15,17). The first-order valence-electron chi connectivity index (χ1n) is 6.29. The van der Waals surface area contributed by atoms with Crippen LogP contribution in [0.25, 0.3) is 0 Å². The zero-order valence-electron chi connectivity index (χ0n) is 11.0. The average molecular weight is 316 g/mol. The van der Waals surface area contributed by atoms with E-state index in [0.717, 1.165) is 12.3 Å². The average Bonchev–Trinajstić information content (AvgIpc) is 2.46. The van der Waals surface area contributed by atoms with Crippen molar-refractivity contribution in [3.8, 4) is 0 Å². The summed E-state index contributed by atoms with van der Waals surface area (Å²) in [6, 6.07) is 1.05. The number of aromatic nitrogens is 1. The van der Waals surface area contributed by atoms with E-state index in [1.54, 1.807) is 0 Å². The fraction of sp³-hybridized carbons (Fsp3) is 0.500. The number of ether oxygens (including phenoxy) is 1. The van der Waals surface area contributed by atoms with Crippen LogP contribution in [0.3, 0.4) is 0 Å². The van der Waals surface area contributed by atoms with Gasteiger partial charge in [0, 0.05) is 38.7 Å². The fourth-order valence-electron chi connectivity index (χ4n) is 1.96. The molecule has 0 aliphatic carbocycles. The molecule has 1 aromatic heterocycles. The van der Waals surface area contributed by atoms with Crippen molar-refractivity contribution < 1.29 is 19.6 Å². The number of nitrogens with one attached hydrogen (secondary N) is 1. The molecule has 1 fully saturated rings. The van der Waals surface area contributed by atoms with Gasteiger partial charge in [0.25, 0.3) is 11.6 Å². The number of nitro groups is 1. The molecule has 2 heterocycles. The van der Waals surface area contributed by atoms with Gasteiger partial charge >= 0.3 is 0 Å². The molecule has 1 aromatic rings. The van der Waals surface area contributed by atoms with Gasteiger partial charge in [0.2, 0.25) is 0 Å². The minimum Gasteiger partial charge on any atom is -0.388 e. The molecule has 0 bridgehead atoms. The van der Waals surface area contributed by atoms with Crippen LogP contribution >= 0.6 is 11.6 Å². The Balaban J connectivity index is 2.06. The minimum atomic E-state index is -1.03. The maximum atomic E-state index is 12.0. The van der Waals surface area contributed by atoms with E-state index < -0.39 is 16.4 Å². The SMILES string of the molecule is O=C(NCC1(O)CCOCC1)c1cc([N+](=O)[O-])cnc1Cl. The van der Waals surface area contributed by atoms with Crippen molar-refractivity contribution in [1.29, 1.82) is 0 Å². The number of amides is 1. The molecular weight excluding hydrogens is 302 g/mol. The summed E-state index contributed by atoms with van der Waals surface area (Å²) in [6.07, 6.45) is 1.80. The lowest BCUT2D eigenvalue weighted by Crippen LogP contribution is -2.46. The third-order valence-electron chi connectivity index (χ3n) is 3.28. The Bertz CT molecular complexity index is 560. The number of halogens is 1. The highest BCUT2D eigenvalue weighted by molar-refractivity contribution is 6.32. The normalized spacial score (nSPS) is 17.2.